The van der Waals surface area contributed by atoms with Gasteiger partial charge in [0.05, 0.1) is 30.2 Å². The van der Waals surface area contributed by atoms with E-state index in [1.54, 1.807) is 19.1 Å². The molecule has 1 amide bonds. The van der Waals surface area contributed by atoms with E-state index in [0.717, 1.165) is 0 Å². The molecule has 12 heteroatoms. The van der Waals surface area contributed by atoms with Gasteiger partial charge in [0.1, 0.15) is 22.8 Å². The van der Waals surface area contributed by atoms with Crippen molar-refractivity contribution >= 4 is 23.4 Å². The number of phenols is 1. The molecule has 3 aliphatic carbocycles. The summed E-state index contributed by atoms with van der Waals surface area (Å²) in [5.41, 5.74) is 0.986. The fourth-order valence-corrected chi connectivity index (χ4v) is 7.03. The summed E-state index contributed by atoms with van der Waals surface area (Å²) >= 11 is 0. The Morgan fingerprint density at radius 3 is 2.31 bits per heavy atom. The van der Waals surface area contributed by atoms with Crippen molar-refractivity contribution in [2.45, 2.75) is 69.6 Å². The van der Waals surface area contributed by atoms with Crippen molar-refractivity contribution in [3.05, 3.63) is 51.5 Å². The number of aromatic hydroxyl groups is 1. The summed E-state index contributed by atoms with van der Waals surface area (Å²) in [6.07, 6.45) is -0.681. The topological polar surface area (TPSA) is 208 Å². The number of hydrogen-bond acceptors (Lipinski definition) is 11. The molecule has 42 heavy (non-hydrogen) atoms. The SMILES string of the molecule is CC(=O)OCCCC(C)(C)c1ccc2c(c1O)C(=O)C1=C(O)[C@]3(O)C(=O)C(C(N)=O)=C(O)[C@H](N(C)C)[C@H]3[C@@H](O)[C@H]1[C@@H]2C. The number of primary amides is 1. The predicted molar refractivity (Wildman–Crippen MR) is 149 cm³/mol. The lowest BCUT2D eigenvalue weighted by atomic mass is 9.55. The number of aliphatic hydroxyl groups excluding tert-OH is 3. The Morgan fingerprint density at radius 1 is 1.14 bits per heavy atom. The molecular formula is C30H38N2O10. The Labute approximate surface area is 243 Å². The predicted octanol–water partition coefficient (Wildman–Crippen LogP) is 1.27. The molecule has 0 aromatic heterocycles. The minimum atomic E-state index is -2.97. The fraction of sp³-hybridized carbons (Fsp3) is 0.533. The van der Waals surface area contributed by atoms with Crippen LogP contribution in [-0.2, 0) is 24.5 Å². The molecule has 0 aliphatic heterocycles. The summed E-state index contributed by atoms with van der Waals surface area (Å²) in [4.78, 5) is 52.2. The summed E-state index contributed by atoms with van der Waals surface area (Å²) in [7, 11) is 2.97. The lowest BCUT2D eigenvalue weighted by Crippen LogP contribution is -2.68. The average molecular weight is 587 g/mol. The summed E-state index contributed by atoms with van der Waals surface area (Å²) in [5, 5.41) is 57.4. The number of rotatable bonds is 7. The third-order valence-electron chi connectivity index (χ3n) is 9.11. The molecule has 0 fully saturated rings. The zero-order valence-corrected chi connectivity index (χ0v) is 24.5. The van der Waals surface area contributed by atoms with E-state index in [0.29, 0.717) is 24.0 Å². The van der Waals surface area contributed by atoms with Crippen LogP contribution in [0.15, 0.2) is 34.8 Å². The third kappa shape index (κ3) is 4.40. The highest BCUT2D eigenvalue weighted by molar-refractivity contribution is 6.25. The van der Waals surface area contributed by atoms with Crippen LogP contribution in [0.2, 0.25) is 0 Å². The average Bonchev–Trinajstić information content (AvgIpc) is 2.88. The van der Waals surface area contributed by atoms with Crippen molar-refractivity contribution in [3.8, 4) is 5.75 Å². The first-order valence-electron chi connectivity index (χ1n) is 13.7. The standard InChI is InChI=1S/C30H38N2O10/c1-12-14-8-9-15(29(3,4)10-7-11-42-13(2)33)22(34)17(14)23(35)18-16(12)24(36)20-21(32(5)6)25(37)19(28(31)40)27(39)30(20,41)26(18)38/h8-9,12,16,20-21,24,34,36-38,41H,7,10-11H2,1-6H3,(H2,31,40)/t12-,16+,20+,21-,24+,30+/m1/s1. The number of carbonyl (C=O) groups is 4. The Kier molecular flexibility index (Phi) is 7.81. The number of nitrogens with two attached hydrogens (primary N) is 1. The first-order valence-corrected chi connectivity index (χ1v) is 13.7. The largest absolute Gasteiger partial charge is 0.510 e. The quantitative estimate of drug-likeness (QED) is 0.152. The second-order valence-electron chi connectivity index (χ2n) is 12.3. The molecule has 0 heterocycles. The molecule has 6 atom stereocenters. The van der Waals surface area contributed by atoms with Gasteiger partial charge in [0.15, 0.2) is 11.4 Å². The fourth-order valence-electron chi connectivity index (χ4n) is 7.03. The van der Waals surface area contributed by atoms with Gasteiger partial charge < -0.3 is 36.0 Å². The zero-order valence-electron chi connectivity index (χ0n) is 24.5. The Morgan fingerprint density at radius 2 is 1.76 bits per heavy atom. The number of amides is 1. The molecule has 3 aliphatic rings. The van der Waals surface area contributed by atoms with Crippen LogP contribution in [0.25, 0.3) is 0 Å². The van der Waals surface area contributed by atoms with Crippen molar-refractivity contribution in [3.63, 3.8) is 0 Å². The van der Waals surface area contributed by atoms with Crippen molar-refractivity contribution < 1.29 is 49.4 Å². The number of nitrogens with zero attached hydrogens (tertiary/aromatic N) is 1. The molecule has 0 saturated carbocycles. The molecule has 7 N–H and O–H groups in total. The van der Waals surface area contributed by atoms with E-state index >= 15 is 0 Å². The zero-order chi connectivity index (χ0) is 31.6. The van der Waals surface area contributed by atoms with Crippen molar-refractivity contribution in [2.75, 3.05) is 20.7 Å². The molecule has 228 valence electrons. The Bertz CT molecular complexity index is 1440. The van der Waals surface area contributed by atoms with Crippen molar-refractivity contribution in [2.24, 2.45) is 17.6 Å². The summed E-state index contributed by atoms with van der Waals surface area (Å²) in [6, 6.07) is 2.03. The van der Waals surface area contributed by atoms with Crippen LogP contribution < -0.4 is 5.73 Å². The van der Waals surface area contributed by atoms with Crippen LogP contribution in [0.1, 0.15) is 67.9 Å². The van der Waals surface area contributed by atoms with Gasteiger partial charge in [-0.1, -0.05) is 32.9 Å². The second-order valence-corrected chi connectivity index (χ2v) is 12.3. The minimum Gasteiger partial charge on any atom is -0.510 e. The molecule has 0 radical (unpaired) electrons. The van der Waals surface area contributed by atoms with Crippen LogP contribution in [0.5, 0.6) is 5.75 Å². The lowest BCUT2D eigenvalue weighted by Gasteiger charge is -2.53. The Hall–Kier alpha value is -3.74. The van der Waals surface area contributed by atoms with Gasteiger partial charge in [0.2, 0.25) is 5.78 Å². The van der Waals surface area contributed by atoms with Gasteiger partial charge in [-0.25, -0.2) is 0 Å². The van der Waals surface area contributed by atoms with E-state index in [4.69, 9.17) is 10.5 Å². The second kappa shape index (κ2) is 10.5. The van der Waals surface area contributed by atoms with E-state index in [1.165, 1.54) is 25.9 Å². The number of esters is 1. The molecule has 4 rings (SSSR count). The molecule has 0 spiro atoms. The molecule has 12 nitrogen and oxygen atoms in total. The highest BCUT2D eigenvalue weighted by Gasteiger charge is 2.67. The number of fused-ring (bicyclic) bond motifs is 3. The molecule has 1 aromatic carbocycles. The number of ketones is 2. The maximum Gasteiger partial charge on any atom is 0.302 e. The molecular weight excluding hydrogens is 548 g/mol. The minimum absolute atomic E-state index is 0.138. The van der Waals surface area contributed by atoms with Gasteiger partial charge in [-0.2, -0.15) is 0 Å². The van der Waals surface area contributed by atoms with E-state index in [-0.39, 0.29) is 17.9 Å². The molecule has 0 unspecified atom stereocenters. The van der Waals surface area contributed by atoms with Gasteiger partial charge >= 0.3 is 5.97 Å². The van der Waals surface area contributed by atoms with Gasteiger partial charge in [-0.3, -0.25) is 24.1 Å². The van der Waals surface area contributed by atoms with Crippen molar-refractivity contribution in [1.29, 1.82) is 0 Å². The monoisotopic (exact) mass is 586 g/mol. The molecule has 1 aromatic rings. The van der Waals surface area contributed by atoms with Gasteiger partial charge in [-0.15, -0.1) is 0 Å². The van der Waals surface area contributed by atoms with Crippen molar-refractivity contribution in [1.82, 2.24) is 4.90 Å². The number of phenolic OH excluding ortho intramolecular Hbond substituents is 1. The van der Waals surface area contributed by atoms with Crippen LogP contribution in [-0.4, -0.2) is 92.3 Å². The maximum atomic E-state index is 14.1. The summed E-state index contributed by atoms with van der Waals surface area (Å²) in [6.45, 7) is 6.87. The number of aliphatic hydroxyl groups is 4. The number of carbonyl (C=O) groups excluding carboxylic acids is 4. The summed E-state index contributed by atoms with van der Waals surface area (Å²) < 4.78 is 5.00. The first-order chi connectivity index (χ1) is 19.4. The number of ether oxygens (including phenoxy) is 1. The van der Waals surface area contributed by atoms with E-state index in [1.807, 2.05) is 13.8 Å². The number of hydrogen-bond donors (Lipinski definition) is 6. The lowest BCUT2D eigenvalue weighted by molar-refractivity contribution is -0.162. The van der Waals surface area contributed by atoms with Gasteiger partial charge in [-0.05, 0) is 43.8 Å². The smallest absolute Gasteiger partial charge is 0.302 e. The van der Waals surface area contributed by atoms with Gasteiger partial charge in [0, 0.05) is 24.0 Å². The number of Topliss-reactive ketones (excluding diaryl/α,β-unsaturated/α-hetero) is 2. The van der Waals surface area contributed by atoms with E-state index < -0.39 is 87.0 Å². The summed E-state index contributed by atoms with van der Waals surface area (Å²) in [5.74, 6) is -9.63. The number of benzene rings is 1. The van der Waals surface area contributed by atoms with Gasteiger partial charge in [0.25, 0.3) is 5.91 Å². The van der Waals surface area contributed by atoms with E-state index in [9.17, 15) is 44.7 Å². The molecule has 0 bridgehead atoms. The van der Waals surface area contributed by atoms with Crippen LogP contribution in [0.3, 0.4) is 0 Å². The third-order valence-corrected chi connectivity index (χ3v) is 9.11. The maximum absolute atomic E-state index is 14.1. The van der Waals surface area contributed by atoms with Crippen LogP contribution in [0, 0.1) is 11.8 Å². The first kappa shape index (κ1) is 31.2. The molecule has 0 saturated heterocycles. The normalized spacial score (nSPS) is 29.3. The van der Waals surface area contributed by atoms with Crippen LogP contribution >= 0.6 is 0 Å². The Balaban J connectivity index is 1.89. The van der Waals surface area contributed by atoms with E-state index in [2.05, 4.69) is 0 Å². The highest BCUT2D eigenvalue weighted by Crippen LogP contribution is 2.56. The number of likely N-dealkylation sites (N-methyl/N-ethyl adjacent to an activating group) is 1. The van der Waals surface area contributed by atoms with Crippen LogP contribution in [0.4, 0.5) is 0 Å². The highest BCUT2D eigenvalue weighted by atomic mass is 16.5.